The van der Waals surface area contributed by atoms with Crippen LogP contribution in [0.15, 0.2) is 140 Å². The van der Waals surface area contributed by atoms with Crippen molar-refractivity contribution < 1.29 is 0 Å². The minimum Gasteiger partial charge on any atom is -0.208 e. The number of fused-ring (bicyclic) bond motifs is 3. The molecule has 0 aliphatic rings. The Morgan fingerprint density at radius 2 is 1.16 bits per heavy atom. The predicted molar refractivity (Wildman–Crippen MR) is 192 cm³/mol. The van der Waals surface area contributed by atoms with Crippen molar-refractivity contribution in [1.82, 2.24) is 15.0 Å². The van der Waals surface area contributed by atoms with Gasteiger partial charge in [0.25, 0.3) is 0 Å². The Hall–Kier alpha value is -5.41. The molecule has 0 bridgehead atoms. The van der Waals surface area contributed by atoms with Gasteiger partial charge in [-0.25, -0.2) is 15.0 Å². The van der Waals surface area contributed by atoms with Crippen molar-refractivity contribution in [3.8, 4) is 22.8 Å². The zero-order valence-electron chi connectivity index (χ0n) is 26.1. The molecule has 45 heavy (non-hydrogen) atoms. The number of benzene rings is 5. The molecule has 0 aliphatic heterocycles. The van der Waals surface area contributed by atoms with Crippen LogP contribution in [0.4, 0.5) is 0 Å². The summed E-state index contributed by atoms with van der Waals surface area (Å²) in [5, 5.41) is 4.90. The summed E-state index contributed by atoms with van der Waals surface area (Å²) in [5.41, 5.74) is 6.48. The van der Waals surface area contributed by atoms with Crippen molar-refractivity contribution in [1.29, 1.82) is 0 Å². The van der Waals surface area contributed by atoms with Gasteiger partial charge in [0.15, 0.2) is 17.5 Å². The van der Waals surface area contributed by atoms with E-state index < -0.39 is 0 Å². The lowest BCUT2D eigenvalue weighted by molar-refractivity contribution is 0.867. The monoisotopic (exact) mass is 583 g/mol. The van der Waals surface area contributed by atoms with E-state index in [1.165, 1.54) is 32.7 Å². The molecule has 220 valence electrons. The molecule has 1 heterocycles. The van der Waals surface area contributed by atoms with E-state index in [0.717, 1.165) is 28.7 Å². The summed E-state index contributed by atoms with van der Waals surface area (Å²) >= 11 is 0. The molecular weight excluding hydrogens is 546 g/mol. The average Bonchev–Trinajstić information content (AvgIpc) is 3.10. The Labute approximate surface area is 266 Å². The van der Waals surface area contributed by atoms with Crippen molar-refractivity contribution in [3.63, 3.8) is 0 Å². The van der Waals surface area contributed by atoms with Gasteiger partial charge in [0.05, 0.1) is 0 Å². The standard InChI is InChI=1S/C42H37N3/c1-5-7-10-23-34(42-44-40(31-19-11-8-12-20-31)43-41(45-42)32-21-13-9-14-22-32)30(4)29(3)28-39-33(6-2)35-24-15-16-25-36(35)37-26-17-18-27-38(37)39/h6-28,30H,2,5H2,1,3-4H3/b10-7-,29-28+,34-23+. The Morgan fingerprint density at radius 3 is 1.67 bits per heavy atom. The molecule has 0 spiro atoms. The van der Waals surface area contributed by atoms with Crippen LogP contribution in [0.2, 0.25) is 0 Å². The molecule has 0 saturated carbocycles. The van der Waals surface area contributed by atoms with E-state index in [9.17, 15) is 0 Å². The van der Waals surface area contributed by atoms with E-state index in [1.54, 1.807) is 0 Å². The van der Waals surface area contributed by atoms with Crippen LogP contribution in [-0.4, -0.2) is 15.0 Å². The van der Waals surface area contributed by atoms with Gasteiger partial charge in [-0.15, -0.1) is 0 Å². The molecule has 0 aliphatic carbocycles. The Kier molecular flexibility index (Phi) is 8.89. The quantitative estimate of drug-likeness (QED) is 0.125. The summed E-state index contributed by atoms with van der Waals surface area (Å²) in [7, 11) is 0. The predicted octanol–water partition coefficient (Wildman–Crippen LogP) is 11.2. The van der Waals surface area contributed by atoms with E-state index in [0.29, 0.717) is 17.5 Å². The second-order valence-electron chi connectivity index (χ2n) is 11.2. The SMILES string of the molecule is C=Cc1c(/C=C(\C)C(C)/C(=C\C=C/CC)c2nc(-c3ccccc3)nc(-c3ccccc3)n2)c2ccccc2c2ccccc12. The van der Waals surface area contributed by atoms with Gasteiger partial charge in [-0.1, -0.05) is 166 Å². The molecule has 0 radical (unpaired) electrons. The van der Waals surface area contributed by atoms with Gasteiger partial charge < -0.3 is 0 Å². The molecular formula is C42H37N3. The average molecular weight is 584 g/mol. The highest BCUT2D eigenvalue weighted by Crippen LogP contribution is 2.37. The lowest BCUT2D eigenvalue weighted by Gasteiger charge is -2.19. The van der Waals surface area contributed by atoms with Gasteiger partial charge in [-0.3, -0.25) is 0 Å². The minimum atomic E-state index is 0.0176. The fourth-order valence-electron chi connectivity index (χ4n) is 5.83. The van der Waals surface area contributed by atoms with Crippen LogP contribution in [0, 0.1) is 5.92 Å². The number of nitrogens with zero attached hydrogens (tertiary/aromatic N) is 3. The first-order valence-electron chi connectivity index (χ1n) is 15.6. The first-order valence-corrected chi connectivity index (χ1v) is 15.6. The lowest BCUT2D eigenvalue weighted by atomic mass is 9.87. The molecule has 0 saturated heterocycles. The number of rotatable bonds is 9. The number of hydrogen-bond acceptors (Lipinski definition) is 3. The van der Waals surface area contributed by atoms with E-state index in [-0.39, 0.29) is 5.92 Å². The summed E-state index contributed by atoms with van der Waals surface area (Å²) < 4.78 is 0. The first-order chi connectivity index (χ1) is 22.1. The van der Waals surface area contributed by atoms with E-state index in [4.69, 9.17) is 15.0 Å². The van der Waals surface area contributed by atoms with Crippen LogP contribution in [-0.2, 0) is 0 Å². The third kappa shape index (κ3) is 6.16. The van der Waals surface area contributed by atoms with Crippen LogP contribution < -0.4 is 0 Å². The first kappa shape index (κ1) is 29.7. The Bertz CT molecular complexity index is 2010. The molecule has 1 atom stereocenters. The van der Waals surface area contributed by atoms with Gasteiger partial charge in [0.1, 0.15) is 0 Å². The third-order valence-corrected chi connectivity index (χ3v) is 8.35. The maximum absolute atomic E-state index is 5.08. The molecule has 6 rings (SSSR count). The van der Waals surface area contributed by atoms with Gasteiger partial charge in [0.2, 0.25) is 0 Å². The smallest absolute Gasteiger partial charge is 0.164 e. The second-order valence-corrected chi connectivity index (χ2v) is 11.2. The van der Waals surface area contributed by atoms with E-state index in [2.05, 4.69) is 100 Å². The highest BCUT2D eigenvalue weighted by atomic mass is 15.0. The van der Waals surface area contributed by atoms with Gasteiger partial charge in [0, 0.05) is 22.6 Å². The molecule has 1 unspecified atom stereocenters. The molecule has 1 aromatic heterocycles. The van der Waals surface area contributed by atoms with Gasteiger partial charge in [-0.05, 0) is 46.0 Å². The molecule has 6 aromatic rings. The number of hydrogen-bond donors (Lipinski definition) is 0. The molecule has 3 heteroatoms. The second kappa shape index (κ2) is 13.5. The van der Waals surface area contributed by atoms with Crippen LogP contribution in [0.3, 0.4) is 0 Å². The van der Waals surface area contributed by atoms with Crippen molar-refractivity contribution in [2.45, 2.75) is 27.2 Å². The summed E-state index contributed by atoms with van der Waals surface area (Å²) in [4.78, 5) is 15.1. The highest BCUT2D eigenvalue weighted by molar-refractivity contribution is 6.14. The summed E-state index contributed by atoms with van der Waals surface area (Å²) in [5.74, 6) is 2.02. The Morgan fingerprint density at radius 1 is 0.667 bits per heavy atom. The van der Waals surface area contributed by atoms with Gasteiger partial charge >= 0.3 is 0 Å². The normalized spacial score (nSPS) is 13.0. The van der Waals surface area contributed by atoms with E-state index in [1.807, 2.05) is 66.7 Å². The summed E-state index contributed by atoms with van der Waals surface area (Å²) in [6, 6.07) is 37.5. The van der Waals surface area contributed by atoms with E-state index >= 15 is 0 Å². The Balaban J connectivity index is 1.53. The maximum Gasteiger partial charge on any atom is 0.164 e. The maximum atomic E-state index is 5.08. The number of allylic oxidation sites excluding steroid dienone is 5. The van der Waals surface area contributed by atoms with Crippen molar-refractivity contribution in [2.24, 2.45) is 5.92 Å². The summed E-state index contributed by atoms with van der Waals surface area (Å²) in [6.07, 6.45) is 11.7. The lowest BCUT2D eigenvalue weighted by Crippen LogP contribution is -2.08. The zero-order chi connectivity index (χ0) is 31.2. The molecule has 0 fully saturated rings. The van der Waals surface area contributed by atoms with Crippen LogP contribution in [0.1, 0.15) is 44.1 Å². The van der Waals surface area contributed by atoms with Crippen molar-refractivity contribution in [3.05, 3.63) is 157 Å². The molecule has 0 amide bonds. The van der Waals surface area contributed by atoms with Crippen LogP contribution in [0.5, 0.6) is 0 Å². The highest BCUT2D eigenvalue weighted by Gasteiger charge is 2.20. The fraction of sp³-hybridized carbons (Fsp3) is 0.119. The minimum absolute atomic E-state index is 0.0176. The topological polar surface area (TPSA) is 38.7 Å². The van der Waals surface area contributed by atoms with Crippen molar-refractivity contribution in [2.75, 3.05) is 0 Å². The largest absolute Gasteiger partial charge is 0.208 e. The van der Waals surface area contributed by atoms with Crippen LogP contribution >= 0.6 is 0 Å². The van der Waals surface area contributed by atoms with Crippen molar-refractivity contribution >= 4 is 39.3 Å². The van der Waals surface area contributed by atoms with Gasteiger partial charge in [-0.2, -0.15) is 0 Å². The molecule has 5 aromatic carbocycles. The van der Waals surface area contributed by atoms with Crippen LogP contribution in [0.25, 0.3) is 62.0 Å². The third-order valence-electron chi connectivity index (χ3n) is 8.35. The fourth-order valence-corrected chi connectivity index (χ4v) is 5.83. The summed E-state index contributed by atoms with van der Waals surface area (Å²) in [6.45, 7) is 10.8. The number of aromatic nitrogens is 3. The molecule has 3 nitrogen and oxygen atoms in total. The molecule has 0 N–H and O–H groups in total. The zero-order valence-corrected chi connectivity index (χ0v) is 26.1.